The molecule has 26 heavy (non-hydrogen) atoms. The Morgan fingerprint density at radius 1 is 1.04 bits per heavy atom. The summed E-state index contributed by atoms with van der Waals surface area (Å²) in [4.78, 5) is 22.9. The first-order valence-corrected chi connectivity index (χ1v) is 8.40. The smallest absolute Gasteiger partial charge is 0.274 e. The summed E-state index contributed by atoms with van der Waals surface area (Å²) in [5.41, 5.74) is 3.34. The zero-order chi connectivity index (χ0) is 17.9. The number of hydrogen-bond donors (Lipinski definition) is 1. The van der Waals surface area contributed by atoms with Crippen molar-refractivity contribution < 1.29 is 9.18 Å². The quantitative estimate of drug-likeness (QED) is 0.786. The van der Waals surface area contributed by atoms with Gasteiger partial charge in [0.05, 0.1) is 12.4 Å². The SMILES string of the molecule is O=C(c1cnc(Nc2cccc(F)c2)cn1)N1CCc2ccccc2C1. The molecule has 0 saturated carbocycles. The van der Waals surface area contributed by atoms with Crippen LogP contribution in [0.15, 0.2) is 60.9 Å². The third kappa shape index (κ3) is 3.39. The fourth-order valence-electron chi connectivity index (χ4n) is 3.05. The van der Waals surface area contributed by atoms with Crippen molar-refractivity contribution in [3.8, 4) is 0 Å². The highest BCUT2D eigenvalue weighted by molar-refractivity contribution is 5.92. The van der Waals surface area contributed by atoms with Crippen molar-refractivity contribution >= 4 is 17.4 Å². The summed E-state index contributed by atoms with van der Waals surface area (Å²) in [5, 5.41) is 2.96. The molecule has 1 N–H and O–H groups in total. The van der Waals surface area contributed by atoms with Gasteiger partial charge in [-0.3, -0.25) is 4.79 Å². The van der Waals surface area contributed by atoms with Crippen LogP contribution in [0.4, 0.5) is 15.9 Å². The number of amides is 1. The third-order valence-corrected chi connectivity index (χ3v) is 4.39. The molecule has 0 saturated heterocycles. The fourth-order valence-corrected chi connectivity index (χ4v) is 3.05. The lowest BCUT2D eigenvalue weighted by molar-refractivity contribution is 0.0728. The van der Waals surface area contributed by atoms with Crippen molar-refractivity contribution in [2.24, 2.45) is 0 Å². The number of nitrogens with one attached hydrogen (secondary N) is 1. The molecule has 0 spiro atoms. The van der Waals surface area contributed by atoms with Gasteiger partial charge in [-0.05, 0) is 35.7 Å². The van der Waals surface area contributed by atoms with Crippen molar-refractivity contribution in [2.75, 3.05) is 11.9 Å². The highest BCUT2D eigenvalue weighted by atomic mass is 19.1. The first kappa shape index (κ1) is 16.2. The number of carbonyl (C=O) groups excluding carboxylic acids is 1. The van der Waals surface area contributed by atoms with Crippen LogP contribution in [0.1, 0.15) is 21.6 Å². The average Bonchev–Trinajstić information content (AvgIpc) is 2.68. The maximum absolute atomic E-state index is 13.2. The van der Waals surface area contributed by atoms with Crippen LogP contribution in [0.5, 0.6) is 0 Å². The summed E-state index contributed by atoms with van der Waals surface area (Å²) in [6.07, 6.45) is 3.77. The molecule has 0 atom stereocenters. The number of rotatable bonds is 3. The van der Waals surface area contributed by atoms with Crippen LogP contribution in [0, 0.1) is 5.82 Å². The van der Waals surface area contributed by atoms with Crippen LogP contribution in [0.2, 0.25) is 0 Å². The number of hydrogen-bond acceptors (Lipinski definition) is 4. The van der Waals surface area contributed by atoms with Crippen molar-refractivity contribution in [3.63, 3.8) is 0 Å². The number of benzene rings is 2. The lowest BCUT2D eigenvalue weighted by atomic mass is 10.00. The van der Waals surface area contributed by atoms with E-state index in [0.717, 1.165) is 6.42 Å². The number of anilines is 2. The summed E-state index contributed by atoms with van der Waals surface area (Å²) in [7, 11) is 0. The van der Waals surface area contributed by atoms with Crippen LogP contribution < -0.4 is 5.32 Å². The largest absolute Gasteiger partial charge is 0.339 e. The van der Waals surface area contributed by atoms with Gasteiger partial charge in [0.2, 0.25) is 0 Å². The highest BCUT2D eigenvalue weighted by Gasteiger charge is 2.22. The summed E-state index contributed by atoms with van der Waals surface area (Å²) in [6.45, 7) is 1.25. The topological polar surface area (TPSA) is 58.1 Å². The number of fused-ring (bicyclic) bond motifs is 1. The zero-order valence-corrected chi connectivity index (χ0v) is 14.0. The van der Waals surface area contributed by atoms with Crippen LogP contribution >= 0.6 is 0 Å². The second-order valence-electron chi connectivity index (χ2n) is 6.17. The molecule has 5 nitrogen and oxygen atoms in total. The van der Waals surface area contributed by atoms with E-state index in [0.29, 0.717) is 30.3 Å². The Morgan fingerprint density at radius 2 is 1.88 bits per heavy atom. The van der Waals surface area contributed by atoms with Crippen LogP contribution in [-0.2, 0) is 13.0 Å². The molecule has 2 heterocycles. The molecule has 0 fully saturated rings. The van der Waals surface area contributed by atoms with Crippen LogP contribution in [0.3, 0.4) is 0 Å². The highest BCUT2D eigenvalue weighted by Crippen LogP contribution is 2.20. The minimum atomic E-state index is -0.333. The number of nitrogens with zero attached hydrogens (tertiary/aromatic N) is 3. The molecule has 1 aromatic heterocycles. The van der Waals surface area contributed by atoms with E-state index >= 15 is 0 Å². The second kappa shape index (κ2) is 6.92. The summed E-state index contributed by atoms with van der Waals surface area (Å²) < 4.78 is 13.2. The standard InChI is InChI=1S/C20H17FN4O/c21-16-6-3-7-17(10-16)24-19-12-22-18(11-23-19)20(26)25-9-8-14-4-1-2-5-15(14)13-25/h1-7,10-12H,8-9,13H2,(H,23,24). The summed E-state index contributed by atoms with van der Waals surface area (Å²) in [5.74, 6) is -0.0133. The Balaban J connectivity index is 1.46. The van der Waals surface area contributed by atoms with Crippen molar-refractivity contribution in [2.45, 2.75) is 13.0 Å². The molecule has 0 bridgehead atoms. The van der Waals surface area contributed by atoms with Gasteiger partial charge in [0, 0.05) is 18.8 Å². The molecular formula is C20H17FN4O. The summed E-state index contributed by atoms with van der Waals surface area (Å²) in [6, 6.07) is 14.2. The van der Waals surface area contributed by atoms with Gasteiger partial charge in [-0.2, -0.15) is 0 Å². The minimum absolute atomic E-state index is 0.135. The van der Waals surface area contributed by atoms with Crippen LogP contribution in [0.25, 0.3) is 0 Å². The van der Waals surface area contributed by atoms with E-state index in [4.69, 9.17) is 0 Å². The number of aromatic nitrogens is 2. The van der Waals surface area contributed by atoms with E-state index < -0.39 is 0 Å². The minimum Gasteiger partial charge on any atom is -0.339 e. The van der Waals surface area contributed by atoms with E-state index in [-0.39, 0.29) is 11.7 Å². The monoisotopic (exact) mass is 348 g/mol. The van der Waals surface area contributed by atoms with E-state index in [1.54, 1.807) is 17.0 Å². The molecule has 1 aliphatic heterocycles. The lowest BCUT2D eigenvalue weighted by Gasteiger charge is -2.28. The Labute approximate surface area is 150 Å². The molecule has 130 valence electrons. The fraction of sp³-hybridized carbons (Fsp3) is 0.150. The first-order chi connectivity index (χ1) is 12.7. The lowest BCUT2D eigenvalue weighted by Crippen LogP contribution is -2.36. The molecule has 1 amide bonds. The van der Waals surface area contributed by atoms with Gasteiger partial charge in [0.25, 0.3) is 5.91 Å². The van der Waals surface area contributed by atoms with Crippen molar-refractivity contribution in [3.05, 3.63) is 83.6 Å². The zero-order valence-electron chi connectivity index (χ0n) is 14.0. The van der Waals surface area contributed by atoms with Crippen molar-refractivity contribution in [1.29, 1.82) is 0 Å². The maximum atomic E-state index is 13.2. The van der Waals surface area contributed by atoms with Gasteiger partial charge < -0.3 is 10.2 Å². The van der Waals surface area contributed by atoms with Gasteiger partial charge in [-0.15, -0.1) is 0 Å². The van der Waals surface area contributed by atoms with E-state index in [1.165, 1.54) is 35.7 Å². The van der Waals surface area contributed by atoms with Gasteiger partial charge in [0.1, 0.15) is 17.3 Å². The first-order valence-electron chi connectivity index (χ1n) is 8.40. The number of carbonyl (C=O) groups is 1. The van der Waals surface area contributed by atoms with E-state index in [1.807, 2.05) is 18.2 Å². The van der Waals surface area contributed by atoms with Crippen molar-refractivity contribution in [1.82, 2.24) is 14.9 Å². The summed E-state index contributed by atoms with van der Waals surface area (Å²) >= 11 is 0. The Morgan fingerprint density at radius 3 is 2.65 bits per heavy atom. The Hall–Kier alpha value is -3.28. The predicted molar refractivity (Wildman–Crippen MR) is 96.6 cm³/mol. The van der Waals surface area contributed by atoms with Gasteiger partial charge in [0.15, 0.2) is 0 Å². The predicted octanol–water partition coefficient (Wildman–Crippen LogP) is 3.56. The van der Waals surface area contributed by atoms with E-state index in [2.05, 4.69) is 21.4 Å². The van der Waals surface area contributed by atoms with Crippen LogP contribution in [-0.4, -0.2) is 27.3 Å². The average molecular weight is 348 g/mol. The molecule has 0 radical (unpaired) electrons. The second-order valence-corrected chi connectivity index (χ2v) is 6.17. The van der Waals surface area contributed by atoms with Gasteiger partial charge in [-0.1, -0.05) is 30.3 Å². The molecule has 0 aliphatic carbocycles. The maximum Gasteiger partial charge on any atom is 0.274 e. The Bertz CT molecular complexity index is 943. The van der Waals surface area contributed by atoms with Gasteiger partial charge >= 0.3 is 0 Å². The molecule has 0 unspecified atom stereocenters. The van der Waals surface area contributed by atoms with E-state index in [9.17, 15) is 9.18 Å². The molecule has 6 heteroatoms. The normalized spacial score (nSPS) is 13.2. The molecule has 3 aromatic rings. The third-order valence-electron chi connectivity index (χ3n) is 4.39. The van der Waals surface area contributed by atoms with Gasteiger partial charge in [-0.25, -0.2) is 14.4 Å². The molecule has 1 aliphatic rings. The molecule has 2 aromatic carbocycles. The Kier molecular flexibility index (Phi) is 4.31. The number of halogens is 1. The molecular weight excluding hydrogens is 331 g/mol. The molecule has 4 rings (SSSR count).